The molecule has 7 heteroatoms. The highest BCUT2D eigenvalue weighted by Gasteiger charge is 2.28. The third kappa shape index (κ3) is 5.13. The number of thiazole rings is 1. The fourth-order valence-corrected chi connectivity index (χ4v) is 4.18. The maximum absolute atomic E-state index is 12.3. The van der Waals surface area contributed by atoms with E-state index in [9.17, 15) is 4.79 Å². The second-order valence-corrected chi connectivity index (χ2v) is 8.79. The van der Waals surface area contributed by atoms with Crippen molar-refractivity contribution in [1.82, 2.24) is 15.2 Å². The molecule has 1 aliphatic heterocycles. The number of benzene rings is 1. The van der Waals surface area contributed by atoms with Crippen LogP contribution < -0.4 is 5.32 Å². The Morgan fingerprint density at radius 3 is 2.88 bits per heavy atom. The Morgan fingerprint density at radius 2 is 2.15 bits per heavy atom. The van der Waals surface area contributed by atoms with E-state index in [-0.39, 0.29) is 11.4 Å². The van der Waals surface area contributed by atoms with E-state index in [0.29, 0.717) is 13.0 Å². The van der Waals surface area contributed by atoms with Gasteiger partial charge in [0.15, 0.2) is 0 Å². The molecular formula is C19H24BrN3O2S. The van der Waals surface area contributed by atoms with E-state index in [1.54, 1.807) is 11.3 Å². The second-order valence-electron chi connectivity index (χ2n) is 7.02. The highest BCUT2D eigenvalue weighted by molar-refractivity contribution is 9.10. The molecule has 2 heterocycles. The van der Waals surface area contributed by atoms with Crippen LogP contribution in [0.1, 0.15) is 19.5 Å². The molecule has 0 bridgehead atoms. The number of hydrogen-bond acceptors (Lipinski definition) is 5. The number of ether oxygens (including phenoxy) is 1. The molecule has 1 fully saturated rings. The summed E-state index contributed by atoms with van der Waals surface area (Å²) in [6, 6.07) is 8.04. The van der Waals surface area contributed by atoms with Crippen molar-refractivity contribution >= 4 is 33.2 Å². The van der Waals surface area contributed by atoms with Crippen molar-refractivity contribution in [2.75, 3.05) is 32.8 Å². The lowest BCUT2D eigenvalue weighted by atomic mass is 10.0. The number of carbonyl (C=O) groups excluding carboxylic acids is 1. The molecule has 140 valence electrons. The molecule has 2 aromatic rings. The zero-order chi connectivity index (χ0) is 18.6. The number of nitrogens with one attached hydrogen (secondary N) is 1. The molecule has 0 spiro atoms. The van der Waals surface area contributed by atoms with Crippen LogP contribution in [0.15, 0.2) is 34.1 Å². The topological polar surface area (TPSA) is 54.5 Å². The molecular weight excluding hydrogens is 414 g/mol. The van der Waals surface area contributed by atoms with Crippen LogP contribution >= 0.6 is 27.3 Å². The van der Waals surface area contributed by atoms with Crippen LogP contribution in [0.5, 0.6) is 0 Å². The number of nitrogens with zero attached hydrogens (tertiary/aromatic N) is 2. The molecule has 0 radical (unpaired) electrons. The molecule has 1 N–H and O–H groups in total. The van der Waals surface area contributed by atoms with Crippen LogP contribution in [0.2, 0.25) is 0 Å². The standard InChI is InChI=1S/C19H24BrN3O2S/c1-19(2,23-6-8-25-9-7-23)13-21-17(24)11-16-12-26-18(22-16)14-4-3-5-15(20)10-14/h3-5,10,12H,6-9,11,13H2,1-2H3,(H,21,24). The first-order chi connectivity index (χ1) is 12.4. The van der Waals surface area contributed by atoms with Crippen molar-refractivity contribution in [1.29, 1.82) is 0 Å². The maximum atomic E-state index is 12.3. The van der Waals surface area contributed by atoms with E-state index >= 15 is 0 Å². The smallest absolute Gasteiger partial charge is 0.226 e. The van der Waals surface area contributed by atoms with E-state index in [0.717, 1.165) is 47.0 Å². The van der Waals surface area contributed by atoms with Crippen molar-refractivity contribution in [2.24, 2.45) is 0 Å². The van der Waals surface area contributed by atoms with Gasteiger partial charge in [0, 0.05) is 40.6 Å². The van der Waals surface area contributed by atoms with E-state index in [1.807, 2.05) is 29.6 Å². The summed E-state index contributed by atoms with van der Waals surface area (Å²) in [6.45, 7) is 8.27. The van der Waals surface area contributed by atoms with E-state index < -0.39 is 0 Å². The Labute approximate surface area is 166 Å². The number of carbonyl (C=O) groups is 1. The fraction of sp³-hybridized carbons (Fsp3) is 0.474. The average Bonchev–Trinajstić information content (AvgIpc) is 3.09. The Hall–Kier alpha value is -1.28. The van der Waals surface area contributed by atoms with Gasteiger partial charge in [-0.15, -0.1) is 11.3 Å². The Kier molecular flexibility index (Phi) is 6.45. The van der Waals surface area contributed by atoms with Crippen LogP contribution in [0, 0.1) is 0 Å². The summed E-state index contributed by atoms with van der Waals surface area (Å²) in [5, 5.41) is 5.96. The van der Waals surface area contributed by atoms with Crippen LogP contribution in [-0.4, -0.2) is 54.2 Å². The van der Waals surface area contributed by atoms with Gasteiger partial charge in [-0.1, -0.05) is 28.1 Å². The molecule has 1 aliphatic rings. The lowest BCUT2D eigenvalue weighted by Crippen LogP contribution is -2.55. The van der Waals surface area contributed by atoms with Gasteiger partial charge in [-0.25, -0.2) is 4.98 Å². The maximum Gasteiger partial charge on any atom is 0.226 e. The minimum Gasteiger partial charge on any atom is -0.379 e. The van der Waals surface area contributed by atoms with Gasteiger partial charge in [-0.2, -0.15) is 0 Å². The normalized spacial score (nSPS) is 15.8. The van der Waals surface area contributed by atoms with Crippen molar-refractivity contribution in [2.45, 2.75) is 25.8 Å². The molecule has 26 heavy (non-hydrogen) atoms. The molecule has 1 amide bonds. The number of aromatic nitrogens is 1. The van der Waals surface area contributed by atoms with E-state index in [2.05, 4.69) is 45.0 Å². The van der Waals surface area contributed by atoms with Gasteiger partial charge >= 0.3 is 0 Å². The molecule has 5 nitrogen and oxygen atoms in total. The zero-order valence-electron chi connectivity index (χ0n) is 15.1. The fourth-order valence-electron chi connectivity index (χ4n) is 2.96. The molecule has 1 aromatic carbocycles. The van der Waals surface area contributed by atoms with Gasteiger partial charge in [0.25, 0.3) is 0 Å². The van der Waals surface area contributed by atoms with Gasteiger partial charge < -0.3 is 10.1 Å². The van der Waals surface area contributed by atoms with Crippen LogP contribution in [0.25, 0.3) is 10.6 Å². The van der Waals surface area contributed by atoms with Gasteiger partial charge in [-0.05, 0) is 26.0 Å². The Bertz CT molecular complexity index is 757. The predicted molar refractivity (Wildman–Crippen MR) is 108 cm³/mol. The summed E-state index contributed by atoms with van der Waals surface area (Å²) in [4.78, 5) is 19.3. The zero-order valence-corrected chi connectivity index (χ0v) is 17.5. The first kappa shape index (κ1) is 19.5. The number of rotatable bonds is 6. The van der Waals surface area contributed by atoms with Gasteiger partial charge in [-0.3, -0.25) is 9.69 Å². The van der Waals surface area contributed by atoms with E-state index in [1.165, 1.54) is 0 Å². The van der Waals surface area contributed by atoms with Crippen molar-refractivity contribution in [3.05, 3.63) is 39.8 Å². The SMILES string of the molecule is CC(C)(CNC(=O)Cc1csc(-c2cccc(Br)c2)n1)N1CCOCC1. The summed E-state index contributed by atoms with van der Waals surface area (Å²) >= 11 is 5.04. The lowest BCUT2D eigenvalue weighted by molar-refractivity contribution is -0.121. The summed E-state index contributed by atoms with van der Waals surface area (Å²) in [5.74, 6) is 0.0115. The molecule has 0 atom stereocenters. The summed E-state index contributed by atoms with van der Waals surface area (Å²) in [6.07, 6.45) is 0.309. The first-order valence-electron chi connectivity index (χ1n) is 8.74. The minimum atomic E-state index is -0.0804. The molecule has 1 aromatic heterocycles. The van der Waals surface area contributed by atoms with Crippen molar-refractivity contribution in [3.8, 4) is 10.6 Å². The van der Waals surface area contributed by atoms with E-state index in [4.69, 9.17) is 4.74 Å². The van der Waals surface area contributed by atoms with Crippen LogP contribution in [0.3, 0.4) is 0 Å². The quantitative estimate of drug-likeness (QED) is 0.752. The lowest BCUT2D eigenvalue weighted by Gasteiger charge is -2.40. The Balaban J connectivity index is 1.53. The monoisotopic (exact) mass is 437 g/mol. The molecule has 0 unspecified atom stereocenters. The molecule has 1 saturated heterocycles. The highest BCUT2D eigenvalue weighted by Crippen LogP contribution is 2.26. The predicted octanol–water partition coefficient (Wildman–Crippen LogP) is 3.34. The molecule has 0 saturated carbocycles. The van der Waals surface area contributed by atoms with Crippen LogP contribution in [0.4, 0.5) is 0 Å². The number of halogens is 1. The second kappa shape index (κ2) is 8.61. The third-order valence-corrected chi connectivity index (χ3v) is 5.98. The van der Waals surface area contributed by atoms with Gasteiger partial charge in [0.05, 0.1) is 25.3 Å². The van der Waals surface area contributed by atoms with Gasteiger partial charge in [0.2, 0.25) is 5.91 Å². The summed E-state index contributed by atoms with van der Waals surface area (Å²) in [7, 11) is 0. The summed E-state index contributed by atoms with van der Waals surface area (Å²) < 4.78 is 6.43. The highest BCUT2D eigenvalue weighted by atomic mass is 79.9. The van der Waals surface area contributed by atoms with Gasteiger partial charge in [0.1, 0.15) is 5.01 Å². The average molecular weight is 438 g/mol. The number of hydrogen-bond donors (Lipinski definition) is 1. The Morgan fingerprint density at radius 1 is 1.38 bits per heavy atom. The largest absolute Gasteiger partial charge is 0.379 e. The van der Waals surface area contributed by atoms with Crippen LogP contribution in [-0.2, 0) is 16.0 Å². The minimum absolute atomic E-state index is 0.0115. The molecule has 3 rings (SSSR count). The number of amides is 1. The molecule has 0 aliphatic carbocycles. The van der Waals surface area contributed by atoms with Crippen molar-refractivity contribution < 1.29 is 9.53 Å². The van der Waals surface area contributed by atoms with Crippen molar-refractivity contribution in [3.63, 3.8) is 0 Å². The third-order valence-electron chi connectivity index (χ3n) is 4.55. The number of morpholine rings is 1. The first-order valence-corrected chi connectivity index (χ1v) is 10.4. The summed E-state index contributed by atoms with van der Waals surface area (Å²) in [5.41, 5.74) is 1.79.